The molecular weight excluding hydrogens is 432 g/mol. The van der Waals surface area contributed by atoms with Gasteiger partial charge >= 0.3 is 0 Å². The highest BCUT2D eigenvalue weighted by Gasteiger charge is 2.19. The minimum atomic E-state index is 0.784. The summed E-state index contributed by atoms with van der Waals surface area (Å²) in [6.45, 7) is 0.784. The lowest BCUT2D eigenvalue weighted by Crippen LogP contribution is -2.05. The van der Waals surface area contributed by atoms with E-state index in [0.717, 1.165) is 30.5 Å². The Morgan fingerprint density at radius 2 is 1.47 bits per heavy atom. The molecule has 1 aliphatic rings. The van der Waals surface area contributed by atoms with E-state index < -0.39 is 0 Å². The molecule has 0 radical (unpaired) electrons. The van der Waals surface area contributed by atoms with Gasteiger partial charge in [0.05, 0.1) is 6.61 Å². The minimum Gasteiger partial charge on any atom is -0.494 e. The van der Waals surface area contributed by atoms with Gasteiger partial charge in [0.15, 0.2) is 0 Å². The average molecular weight is 461 g/mol. The van der Waals surface area contributed by atoms with Crippen molar-refractivity contribution in [2.75, 3.05) is 11.9 Å². The van der Waals surface area contributed by atoms with Crippen molar-refractivity contribution in [2.45, 2.75) is 38.5 Å². The molecule has 0 heterocycles. The maximum Gasteiger partial charge on any atom is 0.119 e. The number of fused-ring (bicyclic) bond motifs is 1. The molecule has 0 atom stereocenters. The second-order valence-electron chi connectivity index (χ2n) is 7.85. The first-order valence-electron chi connectivity index (χ1n) is 11.0. The Morgan fingerprint density at radius 3 is 2.27 bits per heavy atom. The first kappa shape index (κ1) is 20.9. The van der Waals surface area contributed by atoms with Gasteiger partial charge in [0.25, 0.3) is 0 Å². The molecule has 4 rings (SSSR count). The summed E-state index contributed by atoms with van der Waals surface area (Å²) in [7, 11) is 0. The van der Waals surface area contributed by atoms with Crippen LogP contribution in [0.25, 0.3) is 11.1 Å². The predicted octanol–water partition coefficient (Wildman–Crippen LogP) is 7.93. The molecule has 0 aromatic heterocycles. The van der Waals surface area contributed by atoms with Crippen molar-refractivity contribution in [3.8, 4) is 5.75 Å². The van der Waals surface area contributed by atoms with E-state index in [1.807, 2.05) is 0 Å². The summed E-state index contributed by atoms with van der Waals surface area (Å²) in [6.07, 6.45) is 7.00. The highest BCUT2D eigenvalue weighted by molar-refractivity contribution is 9.09. The lowest BCUT2D eigenvalue weighted by atomic mass is 9.81. The second-order valence-corrected chi connectivity index (χ2v) is 8.65. The van der Waals surface area contributed by atoms with Crippen LogP contribution in [0, 0.1) is 0 Å². The van der Waals surface area contributed by atoms with E-state index in [1.54, 1.807) is 0 Å². The quantitative estimate of drug-likeness (QED) is 0.245. The van der Waals surface area contributed by atoms with Gasteiger partial charge in [0.2, 0.25) is 0 Å². The van der Waals surface area contributed by atoms with E-state index in [2.05, 4.69) is 94.8 Å². The van der Waals surface area contributed by atoms with E-state index >= 15 is 0 Å². The fourth-order valence-electron chi connectivity index (χ4n) is 4.28. The van der Waals surface area contributed by atoms with E-state index in [9.17, 15) is 0 Å². The average Bonchev–Trinajstić information content (AvgIpc) is 2.81. The number of unbranched alkanes of at least 4 members (excludes halogenated alkanes) is 2. The molecule has 0 amide bonds. The zero-order valence-electron chi connectivity index (χ0n) is 17.4. The molecule has 0 spiro atoms. The van der Waals surface area contributed by atoms with Crippen molar-refractivity contribution in [1.82, 2.24) is 0 Å². The number of allylic oxidation sites excluding steroid dienone is 1. The van der Waals surface area contributed by atoms with Crippen LogP contribution in [0.15, 0.2) is 78.9 Å². The van der Waals surface area contributed by atoms with Gasteiger partial charge in [-0.2, -0.15) is 0 Å². The Bertz CT molecular complexity index is 973. The molecule has 3 aromatic rings. The molecule has 2 heteroatoms. The molecule has 0 aliphatic heterocycles. The fraction of sp³-hybridized carbons (Fsp3) is 0.286. The molecule has 0 saturated heterocycles. The van der Waals surface area contributed by atoms with Gasteiger partial charge in [-0.15, -0.1) is 0 Å². The van der Waals surface area contributed by atoms with Gasteiger partial charge in [-0.1, -0.05) is 82.7 Å². The maximum absolute atomic E-state index is 5.96. The zero-order valence-corrected chi connectivity index (χ0v) is 19.0. The first-order valence-corrected chi connectivity index (χ1v) is 12.1. The molecule has 0 unspecified atom stereocenters. The Hall–Kier alpha value is -2.32. The summed E-state index contributed by atoms with van der Waals surface area (Å²) in [4.78, 5) is 0. The first-order chi connectivity index (χ1) is 14.9. The Balaban J connectivity index is 1.66. The normalized spacial score (nSPS) is 14.8. The van der Waals surface area contributed by atoms with Crippen LogP contribution in [0.4, 0.5) is 0 Å². The van der Waals surface area contributed by atoms with Crippen LogP contribution in [0.1, 0.15) is 54.4 Å². The second kappa shape index (κ2) is 10.6. The van der Waals surface area contributed by atoms with E-state index in [1.165, 1.54) is 59.1 Å². The number of halogens is 1. The van der Waals surface area contributed by atoms with Crippen molar-refractivity contribution < 1.29 is 4.74 Å². The van der Waals surface area contributed by atoms with Crippen molar-refractivity contribution in [2.24, 2.45) is 0 Å². The highest BCUT2D eigenvalue weighted by Crippen LogP contribution is 2.39. The number of hydrogen-bond donors (Lipinski definition) is 0. The molecule has 0 bridgehead atoms. The molecule has 3 aromatic carbocycles. The molecule has 30 heavy (non-hydrogen) atoms. The van der Waals surface area contributed by atoms with E-state index in [0.29, 0.717) is 0 Å². The van der Waals surface area contributed by atoms with Crippen LogP contribution >= 0.6 is 15.9 Å². The molecular formula is C28H29BrO. The number of benzene rings is 3. The van der Waals surface area contributed by atoms with Crippen LogP contribution in [-0.2, 0) is 6.42 Å². The van der Waals surface area contributed by atoms with Gasteiger partial charge < -0.3 is 4.74 Å². The van der Waals surface area contributed by atoms with Crippen molar-refractivity contribution in [3.63, 3.8) is 0 Å². The molecule has 154 valence electrons. The van der Waals surface area contributed by atoms with Gasteiger partial charge in [0, 0.05) is 5.33 Å². The van der Waals surface area contributed by atoms with Crippen LogP contribution in [0.2, 0.25) is 0 Å². The molecule has 1 nitrogen and oxygen atoms in total. The number of ether oxygens (including phenoxy) is 1. The lowest BCUT2D eigenvalue weighted by molar-refractivity contribution is 0.306. The Morgan fingerprint density at radius 1 is 0.733 bits per heavy atom. The summed E-state index contributed by atoms with van der Waals surface area (Å²) in [6, 6.07) is 28.4. The van der Waals surface area contributed by atoms with Gasteiger partial charge in [-0.25, -0.2) is 0 Å². The summed E-state index contributed by atoms with van der Waals surface area (Å²) < 4.78 is 5.96. The van der Waals surface area contributed by atoms with Gasteiger partial charge in [-0.3, -0.25) is 0 Å². The van der Waals surface area contributed by atoms with Crippen LogP contribution in [0.5, 0.6) is 5.75 Å². The number of rotatable bonds is 8. The van der Waals surface area contributed by atoms with Crippen molar-refractivity contribution in [1.29, 1.82) is 0 Å². The summed E-state index contributed by atoms with van der Waals surface area (Å²) in [5.74, 6) is 0.957. The Labute approximate surface area is 188 Å². The molecule has 0 fully saturated rings. The monoisotopic (exact) mass is 460 g/mol. The zero-order chi connectivity index (χ0) is 20.6. The van der Waals surface area contributed by atoms with E-state index in [-0.39, 0.29) is 0 Å². The SMILES string of the molecule is BrCCCCCOc1ccc(/C(=C2/CCCc3ccccc32)c2ccccc2)cc1. The third-order valence-electron chi connectivity index (χ3n) is 5.77. The molecule has 0 N–H and O–H groups in total. The van der Waals surface area contributed by atoms with Gasteiger partial charge in [-0.05, 0) is 84.1 Å². The van der Waals surface area contributed by atoms with Crippen LogP contribution in [-0.4, -0.2) is 11.9 Å². The van der Waals surface area contributed by atoms with Gasteiger partial charge in [0.1, 0.15) is 5.75 Å². The Kier molecular flexibility index (Phi) is 7.42. The van der Waals surface area contributed by atoms with E-state index in [4.69, 9.17) is 4.74 Å². The third kappa shape index (κ3) is 5.05. The van der Waals surface area contributed by atoms with Crippen molar-refractivity contribution >= 4 is 27.1 Å². The summed E-state index contributed by atoms with van der Waals surface area (Å²) in [5.41, 5.74) is 8.25. The summed E-state index contributed by atoms with van der Waals surface area (Å²) >= 11 is 3.48. The van der Waals surface area contributed by atoms with Crippen LogP contribution in [0.3, 0.4) is 0 Å². The standard InChI is InChI=1S/C28H29BrO/c29-20-7-2-8-21-30-25-18-16-24(17-19-25)28(23-11-3-1-4-12-23)27-15-9-13-22-10-5-6-14-26(22)27/h1,3-6,10-12,14,16-19H,2,7-9,13,15,20-21H2/b28-27-. The highest BCUT2D eigenvalue weighted by atomic mass is 79.9. The summed E-state index contributed by atoms with van der Waals surface area (Å²) in [5, 5.41) is 1.07. The third-order valence-corrected chi connectivity index (χ3v) is 6.33. The smallest absolute Gasteiger partial charge is 0.119 e. The maximum atomic E-state index is 5.96. The predicted molar refractivity (Wildman–Crippen MR) is 131 cm³/mol. The fourth-order valence-corrected chi connectivity index (χ4v) is 4.68. The number of hydrogen-bond acceptors (Lipinski definition) is 1. The molecule has 0 saturated carbocycles. The largest absolute Gasteiger partial charge is 0.494 e. The minimum absolute atomic E-state index is 0.784. The number of alkyl halides is 1. The van der Waals surface area contributed by atoms with Crippen LogP contribution < -0.4 is 4.74 Å². The molecule has 1 aliphatic carbocycles. The lowest BCUT2D eigenvalue weighted by Gasteiger charge is -2.23. The van der Waals surface area contributed by atoms with Crippen molar-refractivity contribution in [3.05, 3.63) is 101 Å². The number of aryl methyl sites for hydroxylation is 1. The topological polar surface area (TPSA) is 9.23 Å².